The molecule has 4 nitrogen and oxygen atoms in total. The lowest BCUT2D eigenvalue weighted by Crippen LogP contribution is -2.28. The molecule has 1 fully saturated rings. The molecule has 0 heterocycles. The molecule has 0 aromatic rings. The predicted octanol–water partition coefficient (Wildman–Crippen LogP) is 3.50. The highest BCUT2D eigenvalue weighted by molar-refractivity contribution is 8.01. The van der Waals surface area contributed by atoms with Crippen molar-refractivity contribution in [3.05, 3.63) is 0 Å². The van der Waals surface area contributed by atoms with Crippen molar-refractivity contribution < 1.29 is 18.9 Å². The summed E-state index contributed by atoms with van der Waals surface area (Å²) in [6, 6.07) is 0. The Hall–Kier alpha value is 0.960. The molecule has 84 valence electrons. The van der Waals surface area contributed by atoms with Gasteiger partial charge in [-0.25, -0.2) is 0 Å². The lowest BCUT2D eigenvalue weighted by Gasteiger charge is -2.37. The first-order valence-electron chi connectivity index (χ1n) is 4.26. The fourth-order valence-corrected chi connectivity index (χ4v) is 7.98. The van der Waals surface area contributed by atoms with Gasteiger partial charge in [0, 0.05) is 0 Å². The Bertz CT molecular complexity index is 277. The lowest BCUT2D eigenvalue weighted by atomic mass is 10.00. The Balaban J connectivity index is 3.15. The van der Waals surface area contributed by atoms with Gasteiger partial charge < -0.3 is 9.79 Å². The molecule has 0 aromatic heterocycles. The maximum absolute atomic E-state index is 11.4. The fourth-order valence-electron chi connectivity index (χ4n) is 1.82. The summed E-state index contributed by atoms with van der Waals surface area (Å²) in [6.07, 6.45) is 2.36. The van der Waals surface area contributed by atoms with Crippen molar-refractivity contribution >= 4 is 35.9 Å². The largest absolute Gasteiger partial charge is 0.333 e. The summed E-state index contributed by atoms with van der Waals surface area (Å²) in [7, 11) is 0. The van der Waals surface area contributed by atoms with E-state index in [1.165, 1.54) is 0 Å². The van der Waals surface area contributed by atoms with Crippen molar-refractivity contribution in [1.29, 1.82) is 0 Å². The highest BCUT2D eigenvalue weighted by atomic mass is 35.7. The van der Waals surface area contributed by atoms with Crippen molar-refractivity contribution in [2.24, 2.45) is 0 Å². The molecule has 2 unspecified atom stereocenters. The van der Waals surface area contributed by atoms with Crippen LogP contribution in [0.5, 0.6) is 0 Å². The average molecular weight is 281 g/mol. The summed E-state index contributed by atoms with van der Waals surface area (Å²) in [4.78, 5) is 17.0. The zero-order chi connectivity index (χ0) is 11.0. The predicted molar refractivity (Wildman–Crippen MR) is 57.2 cm³/mol. The van der Waals surface area contributed by atoms with Crippen molar-refractivity contribution in [2.75, 3.05) is 0 Å². The van der Waals surface area contributed by atoms with Crippen LogP contribution in [0.25, 0.3) is 0 Å². The van der Waals surface area contributed by atoms with Crippen LogP contribution in [-0.4, -0.2) is 14.7 Å². The van der Waals surface area contributed by atoms with Crippen molar-refractivity contribution in [1.82, 2.24) is 0 Å². The van der Waals surface area contributed by atoms with E-state index in [1.807, 2.05) is 0 Å². The number of halogens is 2. The molecule has 0 radical (unpaired) electrons. The SMILES string of the molecule is O=P(O)(Cl)C1(P(=O)(O)Cl)CCCCC1. The van der Waals surface area contributed by atoms with Gasteiger partial charge in [-0.15, -0.1) is 0 Å². The van der Waals surface area contributed by atoms with Gasteiger partial charge in [0.15, 0.2) is 4.90 Å². The van der Waals surface area contributed by atoms with Crippen LogP contribution in [-0.2, 0) is 9.13 Å². The van der Waals surface area contributed by atoms with Gasteiger partial charge in [-0.05, 0) is 35.3 Å². The van der Waals surface area contributed by atoms with Crippen LogP contribution in [0.3, 0.4) is 0 Å². The normalized spacial score (nSPS) is 30.3. The first kappa shape index (κ1) is 13.0. The Morgan fingerprint density at radius 1 is 0.929 bits per heavy atom. The minimum atomic E-state index is -4.17. The van der Waals surface area contributed by atoms with Crippen LogP contribution in [0.2, 0.25) is 0 Å². The molecule has 0 bridgehead atoms. The molecule has 8 heteroatoms. The second kappa shape index (κ2) is 4.08. The van der Waals surface area contributed by atoms with Crippen LogP contribution in [0.15, 0.2) is 0 Å². The molecule has 0 aromatic carbocycles. The lowest BCUT2D eigenvalue weighted by molar-refractivity contribution is 0.378. The van der Waals surface area contributed by atoms with Gasteiger partial charge in [-0.2, -0.15) is 0 Å². The second-order valence-electron chi connectivity index (χ2n) is 3.55. The third-order valence-electron chi connectivity index (χ3n) is 2.68. The monoisotopic (exact) mass is 280 g/mol. The highest BCUT2D eigenvalue weighted by Gasteiger charge is 2.58. The van der Waals surface area contributed by atoms with Crippen molar-refractivity contribution in [3.63, 3.8) is 0 Å². The summed E-state index contributed by atoms with van der Waals surface area (Å²) in [5.74, 6) is 0. The average Bonchev–Trinajstić information content (AvgIpc) is 2.02. The standard InChI is InChI=1S/C6H12Cl2O4P2/c7-13(9,10)6(14(8,11)12)4-2-1-3-5-6/h1-5H2,(H,9,10)(H,11,12). The first-order chi connectivity index (χ1) is 6.21. The van der Waals surface area contributed by atoms with E-state index in [2.05, 4.69) is 0 Å². The quantitative estimate of drug-likeness (QED) is 0.759. The van der Waals surface area contributed by atoms with E-state index in [0.717, 1.165) is 6.42 Å². The minimum absolute atomic E-state index is 0.140. The Kier molecular flexibility index (Phi) is 3.80. The molecule has 1 aliphatic carbocycles. The molecule has 0 spiro atoms. The summed E-state index contributed by atoms with van der Waals surface area (Å²) < 4.78 is 22.9. The molecular weight excluding hydrogens is 269 g/mol. The van der Waals surface area contributed by atoms with Crippen LogP contribution in [0.4, 0.5) is 0 Å². The molecule has 0 amide bonds. The van der Waals surface area contributed by atoms with Gasteiger partial charge in [0.1, 0.15) is 0 Å². The summed E-state index contributed by atoms with van der Waals surface area (Å²) in [5.41, 5.74) is 0. The van der Waals surface area contributed by atoms with Crippen LogP contribution in [0.1, 0.15) is 32.1 Å². The Morgan fingerprint density at radius 2 is 1.29 bits per heavy atom. The van der Waals surface area contributed by atoms with E-state index in [0.29, 0.717) is 12.8 Å². The number of rotatable bonds is 2. The Labute approximate surface area is 92.1 Å². The maximum atomic E-state index is 11.4. The van der Waals surface area contributed by atoms with Crippen LogP contribution >= 0.6 is 35.9 Å². The van der Waals surface area contributed by atoms with E-state index in [4.69, 9.17) is 22.5 Å². The van der Waals surface area contributed by atoms with Gasteiger partial charge >= 0.3 is 13.4 Å². The van der Waals surface area contributed by atoms with Crippen molar-refractivity contribution in [2.45, 2.75) is 37.0 Å². The van der Waals surface area contributed by atoms with Gasteiger partial charge in [0.2, 0.25) is 0 Å². The smallest absolute Gasteiger partial charge is 0.304 e. The number of hydrogen-bond acceptors (Lipinski definition) is 2. The van der Waals surface area contributed by atoms with Gasteiger partial charge in [-0.1, -0.05) is 19.3 Å². The van der Waals surface area contributed by atoms with Crippen LogP contribution in [0, 0.1) is 0 Å². The van der Waals surface area contributed by atoms with Crippen molar-refractivity contribution in [3.8, 4) is 0 Å². The molecule has 1 rings (SSSR count). The van der Waals surface area contributed by atoms with Crippen LogP contribution < -0.4 is 0 Å². The zero-order valence-electron chi connectivity index (χ0n) is 7.40. The molecule has 0 aliphatic heterocycles. The zero-order valence-corrected chi connectivity index (χ0v) is 10.7. The molecule has 2 N–H and O–H groups in total. The number of hydrogen-bond donors (Lipinski definition) is 2. The van der Waals surface area contributed by atoms with E-state index in [-0.39, 0.29) is 12.8 Å². The van der Waals surface area contributed by atoms with Gasteiger partial charge in [0.05, 0.1) is 0 Å². The van der Waals surface area contributed by atoms with E-state index >= 15 is 0 Å². The third-order valence-corrected chi connectivity index (χ3v) is 9.90. The molecule has 1 saturated carbocycles. The highest BCUT2D eigenvalue weighted by Crippen LogP contribution is 2.81. The van der Waals surface area contributed by atoms with E-state index in [1.54, 1.807) is 0 Å². The van der Waals surface area contributed by atoms with E-state index in [9.17, 15) is 18.9 Å². The summed E-state index contributed by atoms with van der Waals surface area (Å²) in [5, 5.41) is 0. The second-order valence-corrected chi connectivity index (χ2v) is 10.4. The minimum Gasteiger partial charge on any atom is -0.333 e. The Morgan fingerprint density at radius 3 is 1.50 bits per heavy atom. The molecule has 14 heavy (non-hydrogen) atoms. The molecule has 1 aliphatic rings. The van der Waals surface area contributed by atoms with E-state index < -0.39 is 18.3 Å². The maximum Gasteiger partial charge on any atom is 0.304 e. The summed E-state index contributed by atoms with van der Waals surface area (Å²) in [6.45, 7) is -8.33. The molecule has 2 atom stereocenters. The topological polar surface area (TPSA) is 74.6 Å². The molecular formula is C6H12Cl2O4P2. The fraction of sp³-hybridized carbons (Fsp3) is 1.00. The molecule has 0 saturated heterocycles. The summed E-state index contributed by atoms with van der Waals surface area (Å²) >= 11 is 10.7. The van der Waals surface area contributed by atoms with Gasteiger partial charge in [-0.3, -0.25) is 9.13 Å². The van der Waals surface area contributed by atoms with Gasteiger partial charge in [0.25, 0.3) is 0 Å². The third kappa shape index (κ3) is 2.21. The first-order valence-corrected chi connectivity index (χ1v) is 9.39.